The minimum absolute atomic E-state index is 0.251. The highest BCUT2D eigenvalue weighted by molar-refractivity contribution is 5.04. The second-order valence-electron chi connectivity index (χ2n) is 3.53. The number of alkyl halides is 3. The number of allylic oxidation sites excluding steroid dienone is 4. The van der Waals surface area contributed by atoms with Gasteiger partial charge in [-0.1, -0.05) is 50.8 Å². The standard InChI is InChI=1S/C12H19F3/c1-2-3-4-5-6-7-8-9-10-11-12(13,14)15/h8-11H,2-7H2,1H3/b9-8+,11-10+. The van der Waals surface area contributed by atoms with Crippen LogP contribution in [0.4, 0.5) is 13.2 Å². The summed E-state index contributed by atoms with van der Waals surface area (Å²) in [6.45, 7) is 2.15. The topological polar surface area (TPSA) is 0 Å². The quantitative estimate of drug-likeness (QED) is 0.417. The fourth-order valence-electron chi connectivity index (χ4n) is 1.21. The van der Waals surface area contributed by atoms with E-state index in [-0.39, 0.29) is 6.08 Å². The molecule has 0 aromatic heterocycles. The molecule has 0 fully saturated rings. The second-order valence-corrected chi connectivity index (χ2v) is 3.53. The van der Waals surface area contributed by atoms with Gasteiger partial charge in [0.2, 0.25) is 0 Å². The minimum atomic E-state index is -4.19. The minimum Gasteiger partial charge on any atom is -0.167 e. The Balaban J connectivity index is 3.36. The lowest BCUT2D eigenvalue weighted by atomic mass is 10.1. The van der Waals surface area contributed by atoms with E-state index in [4.69, 9.17) is 0 Å². The van der Waals surface area contributed by atoms with Crippen LogP contribution < -0.4 is 0 Å². The lowest BCUT2D eigenvalue weighted by Gasteiger charge is -1.96. The third-order valence-electron chi connectivity index (χ3n) is 2.01. The molecule has 3 heteroatoms. The van der Waals surface area contributed by atoms with E-state index in [1.807, 2.05) is 0 Å². The zero-order valence-corrected chi connectivity index (χ0v) is 9.19. The zero-order chi connectivity index (χ0) is 11.6. The number of hydrogen-bond acceptors (Lipinski definition) is 0. The van der Waals surface area contributed by atoms with Gasteiger partial charge in [0.05, 0.1) is 0 Å². The zero-order valence-electron chi connectivity index (χ0n) is 9.19. The predicted molar refractivity (Wildman–Crippen MR) is 57.7 cm³/mol. The van der Waals surface area contributed by atoms with Gasteiger partial charge in [-0.2, -0.15) is 13.2 Å². The lowest BCUT2D eigenvalue weighted by molar-refractivity contribution is -0.0798. The molecule has 0 unspecified atom stereocenters. The van der Waals surface area contributed by atoms with Gasteiger partial charge in [-0.25, -0.2) is 0 Å². The van der Waals surface area contributed by atoms with Crippen molar-refractivity contribution in [3.05, 3.63) is 24.3 Å². The summed E-state index contributed by atoms with van der Waals surface area (Å²) in [7, 11) is 0. The highest BCUT2D eigenvalue weighted by Crippen LogP contribution is 2.15. The lowest BCUT2D eigenvalue weighted by Crippen LogP contribution is -1.99. The van der Waals surface area contributed by atoms with E-state index in [0.717, 1.165) is 18.9 Å². The molecule has 0 amide bonds. The van der Waals surface area contributed by atoms with Crippen molar-refractivity contribution < 1.29 is 13.2 Å². The first-order valence-corrected chi connectivity index (χ1v) is 5.47. The first-order valence-electron chi connectivity index (χ1n) is 5.47. The Morgan fingerprint density at radius 3 is 2.20 bits per heavy atom. The van der Waals surface area contributed by atoms with Gasteiger partial charge in [0, 0.05) is 6.08 Å². The number of halogens is 3. The van der Waals surface area contributed by atoms with E-state index in [0.29, 0.717) is 0 Å². The van der Waals surface area contributed by atoms with E-state index in [9.17, 15) is 13.2 Å². The first-order chi connectivity index (χ1) is 7.06. The molecule has 0 aromatic rings. The van der Waals surface area contributed by atoms with E-state index < -0.39 is 6.18 Å². The van der Waals surface area contributed by atoms with Crippen LogP contribution in [-0.2, 0) is 0 Å². The maximum absolute atomic E-state index is 11.6. The van der Waals surface area contributed by atoms with Gasteiger partial charge in [-0.05, 0) is 12.8 Å². The van der Waals surface area contributed by atoms with Gasteiger partial charge in [-0.15, -0.1) is 0 Å². The van der Waals surface area contributed by atoms with Crippen molar-refractivity contribution >= 4 is 0 Å². The Hall–Kier alpha value is -0.730. The molecule has 0 nitrogen and oxygen atoms in total. The molecule has 0 aliphatic heterocycles. The Morgan fingerprint density at radius 1 is 0.933 bits per heavy atom. The highest BCUT2D eigenvalue weighted by atomic mass is 19.4. The van der Waals surface area contributed by atoms with Crippen molar-refractivity contribution in [2.24, 2.45) is 0 Å². The Labute approximate surface area is 89.9 Å². The van der Waals surface area contributed by atoms with Gasteiger partial charge in [-0.3, -0.25) is 0 Å². The number of hydrogen-bond donors (Lipinski definition) is 0. The van der Waals surface area contributed by atoms with Crippen LogP contribution in [0.15, 0.2) is 24.3 Å². The molecule has 0 aromatic carbocycles. The molecular weight excluding hydrogens is 201 g/mol. The summed E-state index contributed by atoms with van der Waals surface area (Å²) in [5.74, 6) is 0. The molecule has 88 valence electrons. The Bertz CT molecular complexity index is 190. The summed E-state index contributed by atoms with van der Waals surface area (Å²) in [6, 6.07) is 0. The average molecular weight is 220 g/mol. The van der Waals surface area contributed by atoms with Gasteiger partial charge >= 0.3 is 6.18 Å². The van der Waals surface area contributed by atoms with Crippen LogP contribution in [0, 0.1) is 0 Å². The van der Waals surface area contributed by atoms with Gasteiger partial charge in [0.15, 0.2) is 0 Å². The molecule has 0 aliphatic carbocycles. The fourth-order valence-corrected chi connectivity index (χ4v) is 1.21. The van der Waals surface area contributed by atoms with Crippen LogP contribution in [0.25, 0.3) is 0 Å². The monoisotopic (exact) mass is 220 g/mol. The smallest absolute Gasteiger partial charge is 0.167 e. The van der Waals surface area contributed by atoms with Crippen LogP contribution >= 0.6 is 0 Å². The van der Waals surface area contributed by atoms with Crippen LogP contribution in [0.2, 0.25) is 0 Å². The average Bonchev–Trinajstić information content (AvgIpc) is 2.14. The summed E-state index contributed by atoms with van der Waals surface area (Å²) in [6.07, 6.45) is 7.15. The van der Waals surface area contributed by atoms with Crippen LogP contribution in [0.5, 0.6) is 0 Å². The van der Waals surface area contributed by atoms with Gasteiger partial charge in [0.25, 0.3) is 0 Å². The third-order valence-corrected chi connectivity index (χ3v) is 2.01. The van der Waals surface area contributed by atoms with Crippen molar-refractivity contribution in [1.82, 2.24) is 0 Å². The van der Waals surface area contributed by atoms with Crippen molar-refractivity contribution in [2.45, 2.75) is 51.6 Å². The molecule has 0 heterocycles. The molecule has 15 heavy (non-hydrogen) atoms. The SMILES string of the molecule is CCCCCCC/C=C/C=C/C(F)(F)F. The largest absolute Gasteiger partial charge is 0.409 e. The summed E-state index contributed by atoms with van der Waals surface area (Å²) < 4.78 is 34.9. The predicted octanol–water partition coefficient (Wildman–Crippen LogP) is 5.02. The molecule has 0 N–H and O–H groups in total. The van der Waals surface area contributed by atoms with Crippen molar-refractivity contribution in [2.75, 3.05) is 0 Å². The Morgan fingerprint density at radius 2 is 1.60 bits per heavy atom. The van der Waals surface area contributed by atoms with Crippen LogP contribution in [0.1, 0.15) is 45.4 Å². The Kier molecular flexibility index (Phi) is 8.15. The molecule has 0 spiro atoms. The maximum Gasteiger partial charge on any atom is 0.409 e. The van der Waals surface area contributed by atoms with E-state index in [1.54, 1.807) is 6.08 Å². The second kappa shape index (κ2) is 8.57. The molecule has 0 rings (SSSR count). The van der Waals surface area contributed by atoms with Crippen molar-refractivity contribution in [3.8, 4) is 0 Å². The summed E-state index contributed by atoms with van der Waals surface area (Å²) >= 11 is 0. The fraction of sp³-hybridized carbons (Fsp3) is 0.667. The van der Waals surface area contributed by atoms with Gasteiger partial charge < -0.3 is 0 Å². The van der Waals surface area contributed by atoms with E-state index in [2.05, 4.69) is 6.92 Å². The van der Waals surface area contributed by atoms with Crippen LogP contribution in [-0.4, -0.2) is 6.18 Å². The van der Waals surface area contributed by atoms with E-state index in [1.165, 1.54) is 31.8 Å². The van der Waals surface area contributed by atoms with Crippen molar-refractivity contribution in [1.29, 1.82) is 0 Å². The highest BCUT2D eigenvalue weighted by Gasteiger charge is 2.21. The molecule has 0 bridgehead atoms. The summed E-state index contributed by atoms with van der Waals surface area (Å²) in [5.41, 5.74) is 0. The molecule has 0 radical (unpaired) electrons. The van der Waals surface area contributed by atoms with Gasteiger partial charge in [0.1, 0.15) is 0 Å². The first kappa shape index (κ1) is 14.3. The molecular formula is C12H19F3. The number of unbranched alkanes of at least 4 members (excludes halogenated alkanes) is 5. The summed E-state index contributed by atoms with van der Waals surface area (Å²) in [5, 5.41) is 0. The molecule has 0 atom stereocenters. The molecule has 0 saturated heterocycles. The third kappa shape index (κ3) is 13.3. The maximum atomic E-state index is 11.6. The molecule has 0 saturated carbocycles. The molecule has 0 aliphatic rings. The summed E-state index contributed by atoms with van der Waals surface area (Å²) in [4.78, 5) is 0. The van der Waals surface area contributed by atoms with Crippen LogP contribution in [0.3, 0.4) is 0 Å². The van der Waals surface area contributed by atoms with Crippen molar-refractivity contribution in [3.63, 3.8) is 0 Å². The number of rotatable bonds is 7. The van der Waals surface area contributed by atoms with E-state index >= 15 is 0 Å². The normalized spacial score (nSPS) is 13.1.